The molecule has 0 radical (unpaired) electrons. The second-order valence-electron chi connectivity index (χ2n) is 3.73. The molecule has 0 saturated carbocycles. The summed E-state index contributed by atoms with van der Waals surface area (Å²) in [7, 11) is 0. The van der Waals surface area contributed by atoms with E-state index in [9.17, 15) is 9.90 Å². The van der Waals surface area contributed by atoms with E-state index in [-0.39, 0.29) is 29.5 Å². The predicted molar refractivity (Wildman–Crippen MR) is 66.0 cm³/mol. The molecular formula is C14H12O4. The maximum atomic E-state index is 11.8. The van der Waals surface area contributed by atoms with Crippen LogP contribution in [0.4, 0.5) is 0 Å². The minimum Gasteiger partial charge on any atom is -0.508 e. The highest BCUT2D eigenvalue weighted by molar-refractivity contribution is 5.99. The first-order valence-electron chi connectivity index (χ1n) is 5.40. The van der Waals surface area contributed by atoms with Gasteiger partial charge in [0, 0.05) is 6.07 Å². The van der Waals surface area contributed by atoms with Crippen LogP contribution >= 0.6 is 0 Å². The summed E-state index contributed by atoms with van der Waals surface area (Å²) in [6.07, 6.45) is 0. The number of carbonyl (C=O) groups is 1. The van der Waals surface area contributed by atoms with Crippen LogP contribution in [0.2, 0.25) is 0 Å². The third-order valence-electron chi connectivity index (χ3n) is 2.39. The molecule has 2 aromatic carbocycles. The Hall–Kier alpha value is -2.49. The lowest BCUT2D eigenvalue weighted by atomic mass is 10.1. The number of phenols is 2. The quantitative estimate of drug-likeness (QED) is 0.810. The van der Waals surface area contributed by atoms with Gasteiger partial charge in [0.15, 0.2) is 6.61 Å². The summed E-state index contributed by atoms with van der Waals surface area (Å²) >= 11 is 0. The minimum atomic E-state index is -0.351. The van der Waals surface area contributed by atoms with Crippen molar-refractivity contribution in [2.75, 3.05) is 6.61 Å². The van der Waals surface area contributed by atoms with E-state index in [1.165, 1.54) is 12.1 Å². The van der Waals surface area contributed by atoms with Crippen molar-refractivity contribution in [1.82, 2.24) is 0 Å². The lowest BCUT2D eigenvalue weighted by Gasteiger charge is -2.06. The van der Waals surface area contributed by atoms with Gasteiger partial charge in [0.05, 0.1) is 5.56 Å². The van der Waals surface area contributed by atoms with Gasteiger partial charge in [-0.15, -0.1) is 0 Å². The lowest BCUT2D eigenvalue weighted by molar-refractivity contribution is 0.0919. The van der Waals surface area contributed by atoms with Gasteiger partial charge >= 0.3 is 0 Å². The van der Waals surface area contributed by atoms with Crippen molar-refractivity contribution >= 4 is 5.78 Å². The van der Waals surface area contributed by atoms with Crippen molar-refractivity contribution in [2.45, 2.75) is 0 Å². The van der Waals surface area contributed by atoms with Crippen LogP contribution in [0.15, 0.2) is 48.5 Å². The van der Waals surface area contributed by atoms with Crippen LogP contribution in [-0.2, 0) is 0 Å². The topological polar surface area (TPSA) is 66.8 Å². The maximum Gasteiger partial charge on any atom is 0.203 e. The first-order valence-corrected chi connectivity index (χ1v) is 5.40. The largest absolute Gasteiger partial charge is 0.508 e. The Balaban J connectivity index is 2.04. The number of aromatic hydroxyl groups is 2. The number of hydrogen-bond donors (Lipinski definition) is 2. The molecule has 4 nitrogen and oxygen atoms in total. The Labute approximate surface area is 104 Å². The molecule has 0 aliphatic heterocycles. The zero-order valence-corrected chi connectivity index (χ0v) is 9.54. The molecule has 0 unspecified atom stereocenters. The maximum absolute atomic E-state index is 11.8. The van der Waals surface area contributed by atoms with Crippen molar-refractivity contribution in [3.63, 3.8) is 0 Å². The molecule has 0 saturated heterocycles. The van der Waals surface area contributed by atoms with Gasteiger partial charge in [0.25, 0.3) is 0 Å². The van der Waals surface area contributed by atoms with Crippen molar-refractivity contribution < 1.29 is 19.7 Å². The molecule has 0 aliphatic rings. The second-order valence-corrected chi connectivity index (χ2v) is 3.73. The summed E-state index contributed by atoms with van der Waals surface area (Å²) in [6.45, 7) is -0.164. The molecule has 4 heteroatoms. The van der Waals surface area contributed by atoms with Gasteiger partial charge in [-0.25, -0.2) is 0 Å². The van der Waals surface area contributed by atoms with E-state index in [1.807, 2.05) is 6.07 Å². The number of carbonyl (C=O) groups excluding carboxylic acids is 1. The van der Waals surface area contributed by atoms with Gasteiger partial charge in [0.1, 0.15) is 17.2 Å². The summed E-state index contributed by atoms with van der Waals surface area (Å²) in [6, 6.07) is 12.8. The third kappa shape index (κ3) is 2.79. The third-order valence-corrected chi connectivity index (χ3v) is 2.39. The zero-order chi connectivity index (χ0) is 13.0. The summed E-state index contributed by atoms with van der Waals surface area (Å²) in [5.41, 5.74) is 0.128. The number of para-hydroxylation sites is 1. The predicted octanol–water partition coefficient (Wildman–Crippen LogP) is 2.36. The van der Waals surface area contributed by atoms with Gasteiger partial charge in [-0.1, -0.05) is 18.2 Å². The smallest absolute Gasteiger partial charge is 0.203 e. The highest BCUT2D eigenvalue weighted by atomic mass is 16.5. The average Bonchev–Trinajstić information content (AvgIpc) is 2.37. The standard InChI is InChI=1S/C14H12O4/c15-10-6-7-12(13(16)8-10)14(17)9-18-11-4-2-1-3-5-11/h1-8,15-16H,9H2. The van der Waals surface area contributed by atoms with Gasteiger partial charge < -0.3 is 14.9 Å². The zero-order valence-electron chi connectivity index (χ0n) is 9.54. The van der Waals surface area contributed by atoms with E-state index in [0.717, 1.165) is 6.07 Å². The van der Waals surface area contributed by atoms with Crippen molar-refractivity contribution in [3.05, 3.63) is 54.1 Å². The molecule has 0 aliphatic carbocycles. The van der Waals surface area contributed by atoms with Gasteiger partial charge in [-0.05, 0) is 24.3 Å². The number of ether oxygens (including phenoxy) is 1. The van der Waals surface area contributed by atoms with Crippen LogP contribution in [-0.4, -0.2) is 22.6 Å². The number of phenolic OH excluding ortho intramolecular Hbond substituents is 2. The number of hydrogen-bond acceptors (Lipinski definition) is 4. The van der Waals surface area contributed by atoms with E-state index < -0.39 is 0 Å². The molecule has 2 aromatic rings. The Kier molecular flexibility index (Phi) is 3.48. The SMILES string of the molecule is O=C(COc1ccccc1)c1ccc(O)cc1O. The van der Waals surface area contributed by atoms with E-state index in [0.29, 0.717) is 5.75 Å². The number of ketones is 1. The Morgan fingerprint density at radius 2 is 1.78 bits per heavy atom. The highest BCUT2D eigenvalue weighted by Crippen LogP contribution is 2.23. The summed E-state index contributed by atoms with van der Waals surface area (Å²) in [5.74, 6) is -0.106. The van der Waals surface area contributed by atoms with E-state index in [4.69, 9.17) is 9.84 Å². The Morgan fingerprint density at radius 3 is 2.44 bits per heavy atom. The molecule has 0 fully saturated rings. The molecule has 0 spiro atoms. The van der Waals surface area contributed by atoms with Crippen LogP contribution in [0.1, 0.15) is 10.4 Å². The number of rotatable bonds is 4. The monoisotopic (exact) mass is 244 g/mol. The normalized spacial score (nSPS) is 10.0. The first kappa shape index (κ1) is 12.0. The molecule has 0 heterocycles. The molecule has 0 amide bonds. The fourth-order valence-electron chi connectivity index (χ4n) is 1.50. The molecule has 0 bridgehead atoms. The van der Waals surface area contributed by atoms with Crippen LogP contribution in [0, 0.1) is 0 Å². The minimum absolute atomic E-state index is 0.0898. The van der Waals surface area contributed by atoms with Gasteiger partial charge in [-0.2, -0.15) is 0 Å². The molecule has 0 atom stereocenters. The first-order chi connectivity index (χ1) is 8.66. The van der Waals surface area contributed by atoms with Crippen LogP contribution in [0.5, 0.6) is 17.2 Å². The molecule has 2 rings (SSSR count). The highest BCUT2D eigenvalue weighted by Gasteiger charge is 2.12. The van der Waals surface area contributed by atoms with Crippen molar-refractivity contribution in [1.29, 1.82) is 0 Å². The van der Waals surface area contributed by atoms with Crippen LogP contribution in [0.25, 0.3) is 0 Å². The number of benzene rings is 2. The van der Waals surface area contributed by atoms with Crippen molar-refractivity contribution in [2.24, 2.45) is 0 Å². The Morgan fingerprint density at radius 1 is 1.06 bits per heavy atom. The summed E-state index contributed by atoms with van der Waals surface area (Å²) < 4.78 is 5.28. The van der Waals surface area contributed by atoms with Gasteiger partial charge in [0.2, 0.25) is 5.78 Å². The fourth-order valence-corrected chi connectivity index (χ4v) is 1.50. The Bertz CT molecular complexity index is 549. The van der Waals surface area contributed by atoms with Gasteiger partial charge in [-0.3, -0.25) is 4.79 Å². The summed E-state index contributed by atoms with van der Waals surface area (Å²) in [5, 5.41) is 18.6. The molecule has 92 valence electrons. The summed E-state index contributed by atoms with van der Waals surface area (Å²) in [4.78, 5) is 11.8. The van der Waals surface area contributed by atoms with Crippen LogP contribution < -0.4 is 4.74 Å². The second kappa shape index (κ2) is 5.23. The average molecular weight is 244 g/mol. The molecule has 2 N–H and O–H groups in total. The fraction of sp³-hybridized carbons (Fsp3) is 0.0714. The van der Waals surface area contributed by atoms with Crippen LogP contribution in [0.3, 0.4) is 0 Å². The van der Waals surface area contributed by atoms with E-state index >= 15 is 0 Å². The van der Waals surface area contributed by atoms with E-state index in [2.05, 4.69) is 0 Å². The molecule has 0 aromatic heterocycles. The number of Topliss-reactive ketones (excluding diaryl/α,β-unsaturated/α-hetero) is 1. The molecule has 18 heavy (non-hydrogen) atoms. The molecular weight excluding hydrogens is 232 g/mol. The lowest BCUT2D eigenvalue weighted by Crippen LogP contribution is -2.11. The van der Waals surface area contributed by atoms with E-state index in [1.54, 1.807) is 24.3 Å². The van der Waals surface area contributed by atoms with Crippen molar-refractivity contribution in [3.8, 4) is 17.2 Å².